The maximum absolute atomic E-state index is 4.22. The minimum Gasteiger partial charge on any atom is -0.380 e. The maximum Gasteiger partial charge on any atom is 0.0423 e. The molecule has 0 spiro atoms. The number of likely N-dealkylation sites (tertiary alicyclic amines) is 1. The number of nitrogens with zero attached hydrogens (tertiary/aromatic N) is 2. The SMILES string of the molecule is Cc1cccc(CN2CC[C@@H](Nc3cccc4cnccc34)C2)c1C. The van der Waals surface area contributed by atoms with Crippen LogP contribution in [0.2, 0.25) is 0 Å². The number of aromatic nitrogens is 1. The smallest absolute Gasteiger partial charge is 0.0423 e. The summed E-state index contributed by atoms with van der Waals surface area (Å²) >= 11 is 0. The number of benzene rings is 2. The number of fused-ring (bicyclic) bond motifs is 1. The molecule has 1 N–H and O–H groups in total. The van der Waals surface area contributed by atoms with Crippen LogP contribution in [0.5, 0.6) is 0 Å². The van der Waals surface area contributed by atoms with Crippen LogP contribution in [0, 0.1) is 13.8 Å². The predicted molar refractivity (Wildman–Crippen MR) is 105 cm³/mol. The minimum atomic E-state index is 0.504. The quantitative estimate of drug-likeness (QED) is 0.761. The average molecular weight is 331 g/mol. The summed E-state index contributed by atoms with van der Waals surface area (Å²) in [6, 6.07) is 15.6. The summed E-state index contributed by atoms with van der Waals surface area (Å²) in [5.41, 5.74) is 5.49. The van der Waals surface area contributed by atoms with Gasteiger partial charge in [0.25, 0.3) is 0 Å². The van der Waals surface area contributed by atoms with E-state index in [4.69, 9.17) is 0 Å². The third kappa shape index (κ3) is 3.38. The molecule has 3 nitrogen and oxygen atoms in total. The van der Waals surface area contributed by atoms with Gasteiger partial charge in [-0.15, -0.1) is 0 Å². The van der Waals surface area contributed by atoms with Gasteiger partial charge >= 0.3 is 0 Å². The lowest BCUT2D eigenvalue weighted by atomic mass is 10.0. The molecular weight excluding hydrogens is 306 g/mol. The van der Waals surface area contributed by atoms with E-state index in [2.05, 4.69) is 71.5 Å². The highest BCUT2D eigenvalue weighted by atomic mass is 15.2. The monoisotopic (exact) mass is 331 g/mol. The van der Waals surface area contributed by atoms with Crippen LogP contribution in [0.1, 0.15) is 23.1 Å². The Morgan fingerprint density at radius 1 is 1.12 bits per heavy atom. The Morgan fingerprint density at radius 3 is 2.92 bits per heavy atom. The van der Waals surface area contributed by atoms with Crippen LogP contribution in [-0.2, 0) is 6.54 Å². The van der Waals surface area contributed by atoms with Gasteiger partial charge in [0.15, 0.2) is 0 Å². The summed E-state index contributed by atoms with van der Waals surface area (Å²) in [4.78, 5) is 6.79. The summed E-state index contributed by atoms with van der Waals surface area (Å²) < 4.78 is 0. The first-order valence-corrected chi connectivity index (χ1v) is 9.07. The van der Waals surface area contributed by atoms with Crippen molar-refractivity contribution in [2.75, 3.05) is 18.4 Å². The number of nitrogens with one attached hydrogen (secondary N) is 1. The van der Waals surface area contributed by atoms with Gasteiger partial charge < -0.3 is 5.32 Å². The average Bonchev–Trinajstić information content (AvgIpc) is 3.06. The fourth-order valence-electron chi connectivity index (χ4n) is 3.79. The fourth-order valence-corrected chi connectivity index (χ4v) is 3.79. The van der Waals surface area contributed by atoms with E-state index in [0.717, 1.165) is 19.6 Å². The lowest BCUT2D eigenvalue weighted by molar-refractivity contribution is 0.328. The number of pyridine rings is 1. The van der Waals surface area contributed by atoms with Crippen molar-refractivity contribution in [3.63, 3.8) is 0 Å². The zero-order valence-corrected chi connectivity index (χ0v) is 15.0. The molecule has 1 atom stereocenters. The highest BCUT2D eigenvalue weighted by Crippen LogP contribution is 2.25. The van der Waals surface area contributed by atoms with E-state index in [1.807, 2.05) is 12.4 Å². The maximum atomic E-state index is 4.22. The molecule has 2 heterocycles. The van der Waals surface area contributed by atoms with Crippen molar-refractivity contribution in [1.82, 2.24) is 9.88 Å². The summed E-state index contributed by atoms with van der Waals surface area (Å²) in [5, 5.41) is 6.20. The summed E-state index contributed by atoms with van der Waals surface area (Å²) in [6.45, 7) is 7.72. The Balaban J connectivity index is 1.45. The third-order valence-corrected chi connectivity index (χ3v) is 5.42. The van der Waals surface area contributed by atoms with Crippen molar-refractivity contribution in [2.24, 2.45) is 0 Å². The second-order valence-corrected chi connectivity index (χ2v) is 7.13. The van der Waals surface area contributed by atoms with Crippen molar-refractivity contribution >= 4 is 16.5 Å². The summed E-state index contributed by atoms with van der Waals surface area (Å²) in [7, 11) is 0. The molecule has 0 bridgehead atoms. The van der Waals surface area contributed by atoms with E-state index < -0.39 is 0 Å². The molecule has 1 aromatic heterocycles. The van der Waals surface area contributed by atoms with Gasteiger partial charge in [-0.3, -0.25) is 9.88 Å². The van der Waals surface area contributed by atoms with Crippen LogP contribution in [0.3, 0.4) is 0 Å². The van der Waals surface area contributed by atoms with Crippen LogP contribution >= 0.6 is 0 Å². The summed E-state index contributed by atoms with van der Waals surface area (Å²) in [5.74, 6) is 0. The lowest BCUT2D eigenvalue weighted by Gasteiger charge is -2.19. The normalized spacial score (nSPS) is 17.9. The molecule has 0 saturated carbocycles. The van der Waals surface area contributed by atoms with Crippen LogP contribution in [0.4, 0.5) is 5.69 Å². The van der Waals surface area contributed by atoms with Gasteiger partial charge in [-0.2, -0.15) is 0 Å². The predicted octanol–water partition coefficient (Wildman–Crippen LogP) is 4.54. The Hall–Kier alpha value is -2.39. The van der Waals surface area contributed by atoms with E-state index in [0.29, 0.717) is 6.04 Å². The van der Waals surface area contributed by atoms with Crippen molar-refractivity contribution in [1.29, 1.82) is 0 Å². The van der Waals surface area contributed by atoms with Gasteiger partial charge in [0.1, 0.15) is 0 Å². The minimum absolute atomic E-state index is 0.504. The Kier molecular flexibility index (Phi) is 4.41. The first-order chi connectivity index (χ1) is 12.2. The van der Waals surface area contributed by atoms with Crippen molar-refractivity contribution < 1.29 is 0 Å². The largest absolute Gasteiger partial charge is 0.380 e. The zero-order chi connectivity index (χ0) is 17.2. The second kappa shape index (κ2) is 6.85. The topological polar surface area (TPSA) is 28.2 Å². The molecule has 1 saturated heterocycles. The fraction of sp³-hybridized carbons (Fsp3) is 0.318. The first-order valence-electron chi connectivity index (χ1n) is 9.07. The van der Waals surface area contributed by atoms with Crippen LogP contribution in [0.25, 0.3) is 10.8 Å². The van der Waals surface area contributed by atoms with Gasteiger partial charge in [0.05, 0.1) is 0 Å². The molecule has 2 aromatic carbocycles. The van der Waals surface area contributed by atoms with Crippen LogP contribution < -0.4 is 5.32 Å². The molecule has 0 aliphatic carbocycles. The first kappa shape index (κ1) is 16.1. The Morgan fingerprint density at radius 2 is 2.00 bits per heavy atom. The molecule has 0 amide bonds. The molecule has 3 heteroatoms. The van der Waals surface area contributed by atoms with Crippen molar-refractivity contribution in [3.05, 3.63) is 71.5 Å². The Labute approximate surface area is 149 Å². The van der Waals surface area contributed by atoms with E-state index in [-0.39, 0.29) is 0 Å². The van der Waals surface area contributed by atoms with Gasteiger partial charge in [-0.05, 0) is 49.1 Å². The number of hydrogen-bond donors (Lipinski definition) is 1. The van der Waals surface area contributed by atoms with Crippen molar-refractivity contribution in [3.8, 4) is 0 Å². The number of anilines is 1. The Bertz CT molecular complexity index is 882. The molecule has 25 heavy (non-hydrogen) atoms. The van der Waals surface area contributed by atoms with Gasteiger partial charge in [-0.25, -0.2) is 0 Å². The molecule has 0 unspecified atom stereocenters. The van der Waals surface area contributed by atoms with E-state index in [9.17, 15) is 0 Å². The number of rotatable bonds is 4. The zero-order valence-electron chi connectivity index (χ0n) is 15.0. The molecule has 1 aliphatic rings. The molecule has 1 aliphatic heterocycles. The van der Waals surface area contributed by atoms with Crippen LogP contribution in [-0.4, -0.2) is 29.0 Å². The third-order valence-electron chi connectivity index (χ3n) is 5.42. The van der Waals surface area contributed by atoms with Gasteiger partial charge in [0, 0.05) is 54.5 Å². The number of hydrogen-bond acceptors (Lipinski definition) is 3. The molecule has 4 rings (SSSR count). The summed E-state index contributed by atoms with van der Waals surface area (Å²) in [6.07, 6.45) is 4.99. The standard InChI is InChI=1S/C22H25N3/c1-16-5-3-7-19(17(16)2)14-25-12-10-20(15-25)24-22-8-4-6-18-13-23-11-9-21(18)22/h3-9,11,13,20,24H,10,12,14-15H2,1-2H3/t20-/m1/s1. The molecule has 1 fully saturated rings. The highest BCUT2D eigenvalue weighted by Gasteiger charge is 2.23. The molecule has 0 radical (unpaired) electrons. The van der Waals surface area contributed by atoms with Crippen LogP contribution in [0.15, 0.2) is 54.9 Å². The van der Waals surface area contributed by atoms with E-state index in [1.54, 1.807) is 0 Å². The lowest BCUT2D eigenvalue weighted by Crippen LogP contribution is -2.26. The van der Waals surface area contributed by atoms with Gasteiger partial charge in [-0.1, -0.05) is 30.3 Å². The van der Waals surface area contributed by atoms with Gasteiger partial charge in [0.2, 0.25) is 0 Å². The molecular formula is C22H25N3. The van der Waals surface area contributed by atoms with E-state index >= 15 is 0 Å². The molecule has 128 valence electrons. The van der Waals surface area contributed by atoms with E-state index in [1.165, 1.54) is 39.6 Å². The molecule has 3 aromatic rings. The number of aryl methyl sites for hydroxylation is 1. The second-order valence-electron chi connectivity index (χ2n) is 7.13. The van der Waals surface area contributed by atoms with Crippen molar-refractivity contribution in [2.45, 2.75) is 32.9 Å². The highest BCUT2D eigenvalue weighted by molar-refractivity contribution is 5.93.